The lowest BCUT2D eigenvalue weighted by molar-refractivity contribution is -0.386. The van der Waals surface area contributed by atoms with Crippen molar-refractivity contribution in [1.82, 2.24) is 4.98 Å². The zero-order valence-corrected chi connectivity index (χ0v) is 9.24. The summed E-state index contributed by atoms with van der Waals surface area (Å²) in [5, 5.41) is 19.0. The maximum absolute atomic E-state index is 12.7. The molecule has 0 saturated heterocycles. The Morgan fingerprint density at radius 1 is 1.69 bits per heavy atom. The molecule has 0 spiro atoms. The van der Waals surface area contributed by atoms with Crippen LogP contribution in [0.5, 0.6) is 0 Å². The van der Waals surface area contributed by atoms with E-state index in [0.29, 0.717) is 0 Å². The van der Waals surface area contributed by atoms with Gasteiger partial charge in [-0.15, -0.1) is 0 Å². The molecule has 1 rings (SSSR count). The Hall–Kier alpha value is -1.62. The summed E-state index contributed by atoms with van der Waals surface area (Å²) < 4.78 is 25.4. The van der Waals surface area contributed by atoms with Gasteiger partial charge in [0.15, 0.2) is 0 Å². The van der Waals surface area contributed by atoms with Crippen molar-refractivity contribution in [2.24, 2.45) is 0 Å². The molecule has 0 radical (unpaired) electrons. The van der Waals surface area contributed by atoms with Gasteiger partial charge in [0, 0.05) is 5.56 Å². The number of nitriles is 1. The summed E-state index contributed by atoms with van der Waals surface area (Å²) in [6.07, 6.45) is -2.65. The highest BCUT2D eigenvalue weighted by Gasteiger charge is 2.27. The molecule has 1 aromatic rings. The maximum atomic E-state index is 12.7. The monoisotopic (exact) mass is 291 g/mol. The van der Waals surface area contributed by atoms with Crippen molar-refractivity contribution in [3.8, 4) is 6.07 Å². The van der Waals surface area contributed by atoms with Crippen LogP contribution < -0.4 is 0 Å². The van der Waals surface area contributed by atoms with Gasteiger partial charge in [0.2, 0.25) is 0 Å². The Morgan fingerprint density at radius 3 is 2.75 bits per heavy atom. The van der Waals surface area contributed by atoms with E-state index in [2.05, 4.69) is 20.9 Å². The number of aromatic nitrogens is 1. The summed E-state index contributed by atoms with van der Waals surface area (Å²) in [7, 11) is 0. The van der Waals surface area contributed by atoms with Crippen LogP contribution in [0.25, 0.3) is 0 Å². The molecule has 16 heavy (non-hydrogen) atoms. The summed E-state index contributed by atoms with van der Waals surface area (Å²) in [5.41, 5.74) is -1.68. The predicted molar refractivity (Wildman–Crippen MR) is 52.9 cm³/mol. The number of nitro groups is 1. The second-order valence-corrected chi connectivity index (χ2v) is 3.47. The van der Waals surface area contributed by atoms with Gasteiger partial charge in [0.05, 0.1) is 17.4 Å². The number of hydrogen-bond acceptors (Lipinski definition) is 4. The van der Waals surface area contributed by atoms with Crippen molar-refractivity contribution in [3.05, 3.63) is 32.0 Å². The fraction of sp³-hybridized carbons (Fsp3) is 0.250. The SMILES string of the molecule is N#CCc1c(Br)ncc([N+](=O)[O-])c1C(F)F. The van der Waals surface area contributed by atoms with Crippen LogP contribution in [0.15, 0.2) is 10.8 Å². The smallest absolute Gasteiger partial charge is 0.258 e. The largest absolute Gasteiger partial charge is 0.296 e. The minimum absolute atomic E-state index is 0.0231. The minimum atomic E-state index is -3.02. The van der Waals surface area contributed by atoms with E-state index >= 15 is 0 Å². The standard InChI is InChI=1S/C8H4BrF2N3O2/c9-7-4(1-2-12)6(8(10)11)5(3-13-7)14(15)16/h3,8H,1H2. The predicted octanol–water partition coefficient (Wildman–Crippen LogP) is 2.76. The highest BCUT2D eigenvalue weighted by atomic mass is 79.9. The van der Waals surface area contributed by atoms with Crippen LogP contribution in [0.3, 0.4) is 0 Å². The van der Waals surface area contributed by atoms with Crippen molar-refractivity contribution < 1.29 is 13.7 Å². The van der Waals surface area contributed by atoms with Gasteiger partial charge in [-0.1, -0.05) is 0 Å². The molecule has 0 aliphatic heterocycles. The molecule has 5 nitrogen and oxygen atoms in total. The maximum Gasteiger partial charge on any atom is 0.296 e. The van der Waals surface area contributed by atoms with Gasteiger partial charge < -0.3 is 0 Å². The molecule has 0 N–H and O–H groups in total. The summed E-state index contributed by atoms with van der Waals surface area (Å²) >= 11 is 2.88. The molecule has 84 valence electrons. The van der Waals surface area contributed by atoms with Gasteiger partial charge >= 0.3 is 0 Å². The van der Waals surface area contributed by atoms with E-state index < -0.39 is 22.6 Å². The molecule has 0 amide bonds. The minimum Gasteiger partial charge on any atom is -0.258 e. The molecular formula is C8H4BrF2N3O2. The molecule has 1 heterocycles. The van der Waals surface area contributed by atoms with E-state index in [1.807, 2.05) is 0 Å². The number of pyridine rings is 1. The van der Waals surface area contributed by atoms with Crippen molar-refractivity contribution in [2.75, 3.05) is 0 Å². The van der Waals surface area contributed by atoms with Gasteiger partial charge in [0.1, 0.15) is 16.4 Å². The number of alkyl halides is 2. The molecule has 0 unspecified atom stereocenters. The first kappa shape index (κ1) is 12.4. The van der Waals surface area contributed by atoms with E-state index in [0.717, 1.165) is 6.20 Å². The molecular weight excluding hydrogens is 288 g/mol. The summed E-state index contributed by atoms with van der Waals surface area (Å²) in [6.45, 7) is 0. The lowest BCUT2D eigenvalue weighted by Gasteiger charge is -2.07. The van der Waals surface area contributed by atoms with Crippen molar-refractivity contribution >= 4 is 21.6 Å². The van der Waals surface area contributed by atoms with Crippen LogP contribution in [0, 0.1) is 21.4 Å². The average molecular weight is 292 g/mol. The van der Waals surface area contributed by atoms with E-state index in [1.54, 1.807) is 6.07 Å². The molecule has 0 aliphatic rings. The van der Waals surface area contributed by atoms with E-state index in [4.69, 9.17) is 5.26 Å². The van der Waals surface area contributed by atoms with E-state index in [1.165, 1.54) is 0 Å². The van der Waals surface area contributed by atoms with Gasteiger partial charge in [-0.25, -0.2) is 13.8 Å². The van der Waals surface area contributed by atoms with Crippen LogP contribution >= 0.6 is 15.9 Å². The third-order valence-corrected chi connectivity index (χ3v) is 2.50. The number of halogens is 3. The van der Waals surface area contributed by atoms with Crippen molar-refractivity contribution in [1.29, 1.82) is 5.26 Å². The molecule has 1 aromatic heterocycles. The van der Waals surface area contributed by atoms with Crippen LogP contribution in [-0.4, -0.2) is 9.91 Å². The fourth-order valence-corrected chi connectivity index (χ4v) is 1.62. The fourth-order valence-electron chi connectivity index (χ4n) is 1.17. The first-order valence-corrected chi connectivity index (χ1v) is 4.75. The van der Waals surface area contributed by atoms with Crippen LogP contribution in [0.4, 0.5) is 14.5 Å². The van der Waals surface area contributed by atoms with Gasteiger partial charge in [0.25, 0.3) is 12.1 Å². The molecule has 0 bridgehead atoms. The normalized spacial score (nSPS) is 10.2. The summed E-state index contributed by atoms with van der Waals surface area (Å²) in [4.78, 5) is 13.1. The number of nitrogens with zero attached hydrogens (tertiary/aromatic N) is 3. The Kier molecular flexibility index (Phi) is 3.84. The zero-order valence-electron chi connectivity index (χ0n) is 7.65. The van der Waals surface area contributed by atoms with Crippen molar-refractivity contribution in [2.45, 2.75) is 12.8 Å². The zero-order chi connectivity index (χ0) is 12.3. The Balaban J connectivity index is 3.51. The quantitative estimate of drug-likeness (QED) is 0.487. The van der Waals surface area contributed by atoms with Crippen molar-refractivity contribution in [3.63, 3.8) is 0 Å². The molecule has 0 saturated carbocycles. The topological polar surface area (TPSA) is 79.8 Å². The summed E-state index contributed by atoms with van der Waals surface area (Å²) in [5.74, 6) is 0. The second kappa shape index (κ2) is 4.94. The summed E-state index contributed by atoms with van der Waals surface area (Å²) in [6, 6.07) is 1.66. The van der Waals surface area contributed by atoms with Crippen LogP contribution in [0.1, 0.15) is 17.6 Å². The second-order valence-electron chi connectivity index (χ2n) is 2.72. The van der Waals surface area contributed by atoms with Gasteiger partial charge in [-0.05, 0) is 15.9 Å². The first-order chi connectivity index (χ1) is 7.49. The molecule has 0 aliphatic carbocycles. The lowest BCUT2D eigenvalue weighted by Crippen LogP contribution is -2.03. The van der Waals surface area contributed by atoms with E-state index in [-0.39, 0.29) is 16.6 Å². The molecule has 0 aromatic carbocycles. The Labute approximate surface area is 97.0 Å². The molecule has 8 heteroatoms. The third-order valence-electron chi connectivity index (χ3n) is 1.82. The number of rotatable bonds is 3. The average Bonchev–Trinajstić information content (AvgIpc) is 2.20. The third kappa shape index (κ3) is 2.30. The highest BCUT2D eigenvalue weighted by molar-refractivity contribution is 9.10. The Bertz CT molecular complexity index is 473. The Morgan fingerprint density at radius 2 is 2.31 bits per heavy atom. The van der Waals surface area contributed by atoms with Crippen LogP contribution in [-0.2, 0) is 6.42 Å². The molecule has 0 atom stereocenters. The lowest BCUT2D eigenvalue weighted by atomic mass is 10.1. The van der Waals surface area contributed by atoms with Crippen LogP contribution in [0.2, 0.25) is 0 Å². The molecule has 0 fully saturated rings. The number of hydrogen-bond donors (Lipinski definition) is 0. The first-order valence-electron chi connectivity index (χ1n) is 3.95. The highest BCUT2D eigenvalue weighted by Crippen LogP contribution is 2.34. The van der Waals surface area contributed by atoms with Gasteiger partial charge in [-0.3, -0.25) is 10.1 Å². The van der Waals surface area contributed by atoms with E-state index in [9.17, 15) is 18.9 Å². The van der Waals surface area contributed by atoms with Gasteiger partial charge in [-0.2, -0.15) is 5.26 Å².